The van der Waals surface area contributed by atoms with E-state index in [0.717, 1.165) is 24.3 Å². The summed E-state index contributed by atoms with van der Waals surface area (Å²) < 4.78 is 38.7. The zero-order chi connectivity index (χ0) is 16.4. The summed E-state index contributed by atoms with van der Waals surface area (Å²) in [5.41, 5.74) is -1.99. The SMILES string of the molecule is CCSC1CCC1(O)CNc1ccc(C#N)c(C(F)(F)F)c1. The minimum atomic E-state index is -4.57. The number of benzene rings is 1. The number of nitriles is 1. The van der Waals surface area contributed by atoms with Crippen molar-refractivity contribution >= 4 is 17.4 Å². The van der Waals surface area contributed by atoms with E-state index in [1.54, 1.807) is 17.8 Å². The van der Waals surface area contributed by atoms with Crippen LogP contribution in [0.3, 0.4) is 0 Å². The molecule has 0 aliphatic heterocycles. The highest BCUT2D eigenvalue weighted by Gasteiger charge is 2.45. The number of nitrogens with zero attached hydrogens (tertiary/aromatic N) is 1. The van der Waals surface area contributed by atoms with Crippen molar-refractivity contribution in [1.82, 2.24) is 0 Å². The summed E-state index contributed by atoms with van der Waals surface area (Å²) in [7, 11) is 0. The first kappa shape index (κ1) is 17.0. The van der Waals surface area contributed by atoms with Crippen molar-refractivity contribution < 1.29 is 18.3 Å². The normalized spacial score (nSPS) is 24.5. The van der Waals surface area contributed by atoms with Gasteiger partial charge in [-0.05, 0) is 36.8 Å². The molecule has 0 bridgehead atoms. The monoisotopic (exact) mass is 330 g/mol. The maximum Gasteiger partial charge on any atom is 0.417 e. The Hall–Kier alpha value is -1.39. The van der Waals surface area contributed by atoms with Crippen molar-refractivity contribution in [3.05, 3.63) is 29.3 Å². The molecule has 1 aromatic rings. The molecule has 3 nitrogen and oxygen atoms in total. The van der Waals surface area contributed by atoms with Gasteiger partial charge in [-0.1, -0.05) is 6.92 Å². The van der Waals surface area contributed by atoms with Crippen molar-refractivity contribution in [2.24, 2.45) is 0 Å². The van der Waals surface area contributed by atoms with Gasteiger partial charge in [0.05, 0.1) is 22.8 Å². The standard InChI is InChI=1S/C15H17F3N2OS/c1-2-22-13-5-6-14(13,21)9-20-11-4-3-10(8-19)12(7-11)15(16,17)18/h3-4,7,13,20-21H,2,5-6,9H2,1H3. The first-order chi connectivity index (χ1) is 10.3. The smallest absolute Gasteiger partial charge is 0.387 e. The van der Waals surface area contributed by atoms with Crippen molar-refractivity contribution in [2.45, 2.75) is 36.8 Å². The molecule has 2 unspecified atom stereocenters. The van der Waals surface area contributed by atoms with E-state index >= 15 is 0 Å². The highest BCUT2D eigenvalue weighted by molar-refractivity contribution is 8.00. The lowest BCUT2D eigenvalue weighted by atomic mass is 9.79. The zero-order valence-electron chi connectivity index (χ0n) is 12.1. The number of hydrogen-bond acceptors (Lipinski definition) is 4. The molecule has 1 fully saturated rings. The quantitative estimate of drug-likeness (QED) is 0.865. The Kier molecular flexibility index (Phi) is 4.93. The Bertz CT molecular complexity index is 585. The van der Waals surface area contributed by atoms with Crippen LogP contribution in [0.15, 0.2) is 18.2 Å². The van der Waals surface area contributed by atoms with E-state index in [1.807, 2.05) is 6.92 Å². The number of thioether (sulfide) groups is 1. The van der Waals surface area contributed by atoms with Gasteiger partial charge in [-0.3, -0.25) is 0 Å². The van der Waals surface area contributed by atoms with Gasteiger partial charge in [0.2, 0.25) is 0 Å². The second-order valence-electron chi connectivity index (χ2n) is 5.31. The van der Waals surface area contributed by atoms with Gasteiger partial charge >= 0.3 is 6.18 Å². The third-order valence-electron chi connectivity index (χ3n) is 3.85. The number of anilines is 1. The maximum atomic E-state index is 12.9. The molecule has 0 radical (unpaired) electrons. The van der Waals surface area contributed by atoms with Crippen LogP contribution >= 0.6 is 11.8 Å². The molecule has 1 aliphatic rings. The molecule has 1 saturated carbocycles. The highest BCUT2D eigenvalue weighted by Crippen LogP contribution is 2.41. The first-order valence-corrected chi connectivity index (χ1v) is 8.04. The number of hydrogen-bond donors (Lipinski definition) is 2. The average Bonchev–Trinajstić information content (AvgIpc) is 2.48. The van der Waals surface area contributed by atoms with Crippen LogP contribution in [0.1, 0.15) is 30.9 Å². The lowest BCUT2D eigenvalue weighted by molar-refractivity contribution is -0.137. The largest absolute Gasteiger partial charge is 0.417 e. The number of rotatable bonds is 5. The fraction of sp³-hybridized carbons (Fsp3) is 0.533. The van der Waals surface area contributed by atoms with Gasteiger partial charge in [-0.15, -0.1) is 0 Å². The molecule has 0 aromatic heterocycles. The molecule has 7 heteroatoms. The van der Waals surface area contributed by atoms with Gasteiger partial charge in [0, 0.05) is 17.5 Å². The van der Waals surface area contributed by atoms with Gasteiger partial charge < -0.3 is 10.4 Å². The number of nitrogens with one attached hydrogen (secondary N) is 1. The summed E-state index contributed by atoms with van der Waals surface area (Å²) in [4.78, 5) is 0. The van der Waals surface area contributed by atoms with E-state index in [4.69, 9.17) is 5.26 Å². The van der Waals surface area contributed by atoms with Crippen molar-refractivity contribution in [1.29, 1.82) is 5.26 Å². The molecular formula is C15H17F3N2OS. The average molecular weight is 330 g/mol. The second-order valence-corrected chi connectivity index (χ2v) is 6.79. The van der Waals surface area contributed by atoms with Gasteiger partial charge in [0.15, 0.2) is 0 Å². The Morgan fingerprint density at radius 2 is 2.23 bits per heavy atom. The third-order valence-corrected chi connectivity index (χ3v) is 5.26. The summed E-state index contributed by atoms with van der Waals surface area (Å²) >= 11 is 1.66. The topological polar surface area (TPSA) is 56.0 Å². The van der Waals surface area contributed by atoms with Crippen LogP contribution < -0.4 is 5.32 Å². The van der Waals surface area contributed by atoms with Gasteiger partial charge in [-0.25, -0.2) is 0 Å². The fourth-order valence-electron chi connectivity index (χ4n) is 2.48. The van der Waals surface area contributed by atoms with Gasteiger partial charge in [-0.2, -0.15) is 30.2 Å². The van der Waals surface area contributed by atoms with Crippen molar-refractivity contribution in [2.75, 3.05) is 17.6 Å². The Morgan fingerprint density at radius 3 is 2.73 bits per heavy atom. The summed E-state index contributed by atoms with van der Waals surface area (Å²) in [5, 5.41) is 22.2. The summed E-state index contributed by atoms with van der Waals surface area (Å²) in [5.74, 6) is 0.891. The van der Waals surface area contributed by atoms with Crippen LogP contribution in [0.2, 0.25) is 0 Å². The minimum absolute atomic E-state index is 0.116. The van der Waals surface area contributed by atoms with Crippen LogP contribution in [0, 0.1) is 11.3 Å². The predicted octanol–water partition coefficient (Wildman–Crippen LogP) is 3.64. The van der Waals surface area contributed by atoms with Crippen LogP contribution in [0.25, 0.3) is 0 Å². The Labute approximate surface area is 131 Å². The Morgan fingerprint density at radius 1 is 1.50 bits per heavy atom. The molecule has 22 heavy (non-hydrogen) atoms. The van der Waals surface area contributed by atoms with Crippen LogP contribution in [0.4, 0.5) is 18.9 Å². The van der Waals surface area contributed by atoms with Gasteiger partial charge in [0.1, 0.15) is 0 Å². The molecule has 1 aliphatic carbocycles. The molecule has 2 atom stereocenters. The molecule has 120 valence electrons. The lowest BCUT2D eigenvalue weighted by Gasteiger charge is -2.45. The van der Waals surface area contributed by atoms with Crippen LogP contribution in [-0.4, -0.2) is 28.3 Å². The number of alkyl halides is 3. The molecule has 0 amide bonds. The number of aliphatic hydroxyl groups is 1. The van der Waals surface area contributed by atoms with Gasteiger partial charge in [0.25, 0.3) is 0 Å². The second kappa shape index (κ2) is 6.39. The fourth-order valence-corrected chi connectivity index (χ4v) is 3.68. The van der Waals surface area contributed by atoms with E-state index in [1.165, 1.54) is 6.07 Å². The molecule has 2 rings (SSSR count). The molecule has 2 N–H and O–H groups in total. The van der Waals surface area contributed by atoms with Crippen molar-refractivity contribution in [3.63, 3.8) is 0 Å². The third kappa shape index (κ3) is 3.50. The predicted molar refractivity (Wildman–Crippen MR) is 80.8 cm³/mol. The van der Waals surface area contributed by atoms with Crippen molar-refractivity contribution in [3.8, 4) is 6.07 Å². The summed E-state index contributed by atoms with van der Waals surface area (Å²) in [6, 6.07) is 5.04. The maximum absolute atomic E-state index is 12.9. The summed E-state index contributed by atoms with van der Waals surface area (Å²) in [6.45, 7) is 2.21. The molecular weight excluding hydrogens is 313 g/mol. The van der Waals surface area contributed by atoms with Crippen LogP contribution in [-0.2, 0) is 6.18 Å². The number of halogens is 3. The van der Waals surface area contributed by atoms with E-state index in [2.05, 4.69) is 5.32 Å². The molecule has 0 saturated heterocycles. The first-order valence-electron chi connectivity index (χ1n) is 6.99. The Balaban J connectivity index is 2.10. The van der Waals surface area contributed by atoms with E-state index < -0.39 is 22.9 Å². The van der Waals surface area contributed by atoms with E-state index in [9.17, 15) is 18.3 Å². The van der Waals surface area contributed by atoms with E-state index in [-0.39, 0.29) is 17.5 Å². The molecule has 1 aromatic carbocycles. The molecule has 0 heterocycles. The highest BCUT2D eigenvalue weighted by atomic mass is 32.2. The summed E-state index contributed by atoms with van der Waals surface area (Å²) in [6.07, 6.45) is -3.02. The van der Waals surface area contributed by atoms with E-state index in [0.29, 0.717) is 6.42 Å². The molecule has 0 spiro atoms. The minimum Gasteiger partial charge on any atom is -0.387 e. The van der Waals surface area contributed by atoms with Crippen LogP contribution in [0.5, 0.6) is 0 Å². The lowest BCUT2D eigenvalue weighted by Crippen LogP contribution is -2.54. The zero-order valence-corrected chi connectivity index (χ0v) is 12.9.